The normalized spacial score (nSPS) is 12.2. The number of sulfonamides is 1. The number of para-hydroxylation sites is 1. The van der Waals surface area contributed by atoms with Crippen LogP contribution in [-0.4, -0.2) is 32.2 Å². The Morgan fingerprint density at radius 2 is 1.67 bits per heavy atom. The third-order valence-corrected chi connectivity index (χ3v) is 5.78. The third-order valence-electron chi connectivity index (χ3n) is 3.92. The van der Waals surface area contributed by atoms with Crippen LogP contribution < -0.4 is 5.32 Å². The molecule has 1 amide bonds. The third kappa shape index (κ3) is 4.86. The summed E-state index contributed by atoms with van der Waals surface area (Å²) >= 11 is 0. The highest BCUT2D eigenvalue weighted by Gasteiger charge is 2.38. The number of likely N-dealkylation sites (N-methyl/N-ethyl adjacent to an activating group) is 1. The van der Waals surface area contributed by atoms with Gasteiger partial charge in [-0.25, -0.2) is 8.42 Å². The van der Waals surface area contributed by atoms with Crippen LogP contribution in [0.1, 0.15) is 18.1 Å². The number of rotatable bonds is 6. The van der Waals surface area contributed by atoms with E-state index in [2.05, 4.69) is 5.32 Å². The van der Waals surface area contributed by atoms with Crippen LogP contribution >= 0.6 is 0 Å². The van der Waals surface area contributed by atoms with Crippen molar-refractivity contribution < 1.29 is 26.4 Å². The molecule has 146 valence electrons. The Morgan fingerprint density at radius 3 is 2.30 bits per heavy atom. The molecule has 9 heteroatoms. The first-order valence-electron chi connectivity index (χ1n) is 8.07. The van der Waals surface area contributed by atoms with Crippen molar-refractivity contribution in [2.75, 3.05) is 18.9 Å². The van der Waals surface area contributed by atoms with Gasteiger partial charge in [0, 0.05) is 12.7 Å². The van der Waals surface area contributed by atoms with Gasteiger partial charge in [0.15, 0.2) is 0 Å². The van der Waals surface area contributed by atoms with Gasteiger partial charge >= 0.3 is 6.18 Å². The van der Waals surface area contributed by atoms with E-state index >= 15 is 0 Å². The molecular formula is C18H19F3N2O3S. The van der Waals surface area contributed by atoms with Crippen LogP contribution in [0.15, 0.2) is 53.4 Å². The minimum atomic E-state index is -4.83. The predicted molar refractivity (Wildman–Crippen MR) is 95.7 cm³/mol. The summed E-state index contributed by atoms with van der Waals surface area (Å²) in [5.41, 5.74) is 0.124. The zero-order chi connectivity index (χ0) is 20.2. The Kier molecular flexibility index (Phi) is 6.27. The van der Waals surface area contributed by atoms with E-state index in [4.69, 9.17) is 0 Å². The summed E-state index contributed by atoms with van der Waals surface area (Å²) in [4.78, 5) is 11.3. The Labute approximate surface area is 155 Å². The summed E-state index contributed by atoms with van der Waals surface area (Å²) in [5, 5.41) is 2.59. The maximum absolute atomic E-state index is 13.1. The molecule has 0 aliphatic rings. The Morgan fingerprint density at radius 1 is 1.07 bits per heavy atom. The second-order valence-corrected chi connectivity index (χ2v) is 7.83. The number of amides is 1. The molecule has 0 unspecified atom stereocenters. The lowest BCUT2D eigenvalue weighted by Crippen LogP contribution is -2.36. The molecule has 0 saturated heterocycles. The van der Waals surface area contributed by atoms with Crippen molar-refractivity contribution in [2.45, 2.75) is 24.4 Å². The molecule has 0 spiro atoms. The number of nitrogens with zero attached hydrogens (tertiary/aromatic N) is 1. The van der Waals surface area contributed by atoms with Gasteiger partial charge in [-0.15, -0.1) is 0 Å². The maximum Gasteiger partial charge on any atom is 0.417 e. The van der Waals surface area contributed by atoms with Crippen LogP contribution in [0.3, 0.4) is 0 Å². The Hall–Kier alpha value is -2.39. The molecule has 0 atom stereocenters. The lowest BCUT2D eigenvalue weighted by atomic mass is 10.1. The van der Waals surface area contributed by atoms with E-state index in [1.807, 2.05) is 13.0 Å². The van der Waals surface area contributed by atoms with Crippen LogP contribution in [0.2, 0.25) is 0 Å². The van der Waals surface area contributed by atoms with E-state index in [0.29, 0.717) is 22.5 Å². The number of hydrogen-bond acceptors (Lipinski definition) is 3. The number of aryl methyl sites for hydroxylation is 1. The highest BCUT2D eigenvalue weighted by molar-refractivity contribution is 7.89. The number of hydrogen-bond donors (Lipinski definition) is 1. The van der Waals surface area contributed by atoms with Crippen LogP contribution in [0.4, 0.5) is 18.9 Å². The molecule has 0 aliphatic carbocycles. The van der Waals surface area contributed by atoms with Crippen molar-refractivity contribution in [2.24, 2.45) is 0 Å². The van der Waals surface area contributed by atoms with E-state index in [1.165, 1.54) is 6.07 Å². The van der Waals surface area contributed by atoms with Crippen molar-refractivity contribution in [3.8, 4) is 0 Å². The highest BCUT2D eigenvalue weighted by atomic mass is 32.2. The molecule has 0 bridgehead atoms. The summed E-state index contributed by atoms with van der Waals surface area (Å²) in [7, 11) is -3.44. The van der Waals surface area contributed by atoms with Crippen LogP contribution in [0, 0.1) is 0 Å². The molecular weight excluding hydrogens is 381 g/mol. The predicted octanol–water partition coefficient (Wildman–Crippen LogP) is 3.53. The van der Waals surface area contributed by atoms with E-state index in [-0.39, 0.29) is 0 Å². The lowest BCUT2D eigenvalue weighted by molar-refractivity contribution is -0.139. The quantitative estimate of drug-likeness (QED) is 0.807. The van der Waals surface area contributed by atoms with E-state index in [0.717, 1.165) is 24.7 Å². The molecule has 0 radical (unpaired) electrons. The Balaban J connectivity index is 2.22. The van der Waals surface area contributed by atoms with Gasteiger partial charge in [0.2, 0.25) is 15.9 Å². The van der Waals surface area contributed by atoms with Gasteiger partial charge in [0.1, 0.15) is 0 Å². The van der Waals surface area contributed by atoms with Gasteiger partial charge in [0.05, 0.1) is 17.0 Å². The first-order chi connectivity index (χ1) is 12.6. The minimum Gasteiger partial charge on any atom is -0.325 e. The first-order valence-corrected chi connectivity index (χ1v) is 9.51. The fourth-order valence-electron chi connectivity index (χ4n) is 2.52. The van der Waals surface area contributed by atoms with Crippen LogP contribution in [0.25, 0.3) is 0 Å². The Bertz CT molecular complexity index is 927. The first kappa shape index (κ1) is 20.9. The van der Waals surface area contributed by atoms with Crippen LogP contribution in [-0.2, 0) is 27.4 Å². The topological polar surface area (TPSA) is 66.5 Å². The smallest absolute Gasteiger partial charge is 0.325 e. The molecule has 27 heavy (non-hydrogen) atoms. The molecule has 0 fully saturated rings. The minimum absolute atomic E-state index is 0.534. The van der Waals surface area contributed by atoms with Gasteiger partial charge in [-0.05, 0) is 30.2 Å². The number of halogens is 3. The highest BCUT2D eigenvalue weighted by Crippen LogP contribution is 2.34. The van der Waals surface area contributed by atoms with Gasteiger partial charge < -0.3 is 5.32 Å². The van der Waals surface area contributed by atoms with Crippen molar-refractivity contribution in [1.82, 2.24) is 4.31 Å². The van der Waals surface area contributed by atoms with Crippen molar-refractivity contribution in [3.05, 3.63) is 59.7 Å². The SMILES string of the molecule is CCc1ccccc1NC(=O)CN(C)S(=O)(=O)c1ccccc1C(F)(F)F. The van der Waals surface area contributed by atoms with E-state index in [9.17, 15) is 26.4 Å². The fraction of sp³-hybridized carbons (Fsp3) is 0.278. The molecule has 2 rings (SSSR count). The molecule has 2 aromatic rings. The number of nitrogens with one attached hydrogen (secondary N) is 1. The fourth-order valence-corrected chi connectivity index (χ4v) is 3.86. The van der Waals surface area contributed by atoms with Gasteiger partial charge in [-0.2, -0.15) is 17.5 Å². The van der Waals surface area contributed by atoms with E-state index in [1.54, 1.807) is 18.2 Å². The average molecular weight is 400 g/mol. The van der Waals surface area contributed by atoms with Crippen molar-refractivity contribution in [3.63, 3.8) is 0 Å². The number of carbonyl (C=O) groups is 1. The molecule has 0 aliphatic heterocycles. The molecule has 0 aromatic heterocycles. The van der Waals surface area contributed by atoms with E-state index < -0.39 is 39.1 Å². The summed E-state index contributed by atoms with van der Waals surface area (Å²) < 4.78 is 65.1. The second-order valence-electron chi connectivity index (χ2n) is 5.81. The second kappa shape index (κ2) is 8.10. The zero-order valence-corrected chi connectivity index (χ0v) is 15.6. The van der Waals surface area contributed by atoms with Crippen LogP contribution in [0.5, 0.6) is 0 Å². The largest absolute Gasteiger partial charge is 0.417 e. The number of benzene rings is 2. The summed E-state index contributed by atoms with van der Waals surface area (Å²) in [6.45, 7) is 1.28. The lowest BCUT2D eigenvalue weighted by Gasteiger charge is -2.20. The molecule has 5 nitrogen and oxygen atoms in total. The molecule has 1 N–H and O–H groups in total. The monoisotopic (exact) mass is 400 g/mol. The van der Waals surface area contributed by atoms with Crippen molar-refractivity contribution in [1.29, 1.82) is 0 Å². The molecule has 0 saturated carbocycles. The maximum atomic E-state index is 13.1. The van der Waals surface area contributed by atoms with Crippen molar-refractivity contribution >= 4 is 21.6 Å². The molecule has 2 aromatic carbocycles. The standard InChI is InChI=1S/C18H19F3N2O3S/c1-3-13-8-4-6-10-15(13)22-17(24)12-23(2)27(25,26)16-11-7-5-9-14(16)18(19,20)21/h4-11H,3,12H2,1-2H3,(H,22,24). The average Bonchev–Trinajstić information content (AvgIpc) is 2.61. The zero-order valence-electron chi connectivity index (χ0n) is 14.7. The summed E-state index contributed by atoms with van der Waals surface area (Å²) in [6.07, 6.45) is -4.17. The number of alkyl halides is 3. The molecule has 0 heterocycles. The summed E-state index contributed by atoms with van der Waals surface area (Å²) in [5.74, 6) is -0.647. The van der Waals surface area contributed by atoms with Gasteiger partial charge in [-0.3, -0.25) is 4.79 Å². The number of anilines is 1. The van der Waals surface area contributed by atoms with Gasteiger partial charge in [0.25, 0.3) is 0 Å². The summed E-state index contributed by atoms with van der Waals surface area (Å²) in [6, 6.07) is 10.9. The number of carbonyl (C=O) groups excluding carboxylic acids is 1. The van der Waals surface area contributed by atoms with Gasteiger partial charge in [-0.1, -0.05) is 37.3 Å².